The van der Waals surface area contributed by atoms with Crippen LogP contribution in [0, 0.1) is 11.3 Å². The molecule has 5 rings (SSSR count). The number of carbonyl (C=O) groups is 1. The molecule has 2 N–H and O–H groups in total. The minimum atomic E-state index is 0.0967. The average molecular weight is 413 g/mol. The molecular weight excluding hydrogens is 384 g/mol. The van der Waals surface area contributed by atoms with Gasteiger partial charge in [0.05, 0.1) is 5.69 Å². The van der Waals surface area contributed by atoms with Gasteiger partial charge >= 0.3 is 0 Å². The fourth-order valence-corrected chi connectivity index (χ4v) is 5.91. The van der Waals surface area contributed by atoms with E-state index in [1.165, 1.54) is 12.8 Å². The van der Waals surface area contributed by atoms with Crippen LogP contribution in [0.15, 0.2) is 29.6 Å². The Balaban J connectivity index is 1.31. The van der Waals surface area contributed by atoms with Crippen molar-refractivity contribution in [2.24, 2.45) is 17.1 Å². The van der Waals surface area contributed by atoms with Crippen molar-refractivity contribution in [3.05, 3.63) is 46.5 Å². The Bertz CT molecular complexity index is 868. The van der Waals surface area contributed by atoms with Crippen LogP contribution in [0.4, 0.5) is 0 Å². The first-order valence-electron chi connectivity index (χ1n) is 11.0. The summed E-state index contributed by atoms with van der Waals surface area (Å²) in [6, 6.07) is 0.285. The van der Waals surface area contributed by atoms with Crippen molar-refractivity contribution >= 4 is 17.5 Å². The van der Waals surface area contributed by atoms with Crippen LogP contribution in [-0.2, 0) is 6.42 Å². The van der Waals surface area contributed by atoms with E-state index in [1.54, 1.807) is 6.33 Å². The van der Waals surface area contributed by atoms with Gasteiger partial charge in [-0.25, -0.2) is 9.97 Å². The van der Waals surface area contributed by atoms with Crippen molar-refractivity contribution in [1.82, 2.24) is 14.9 Å². The van der Waals surface area contributed by atoms with E-state index in [0.29, 0.717) is 24.1 Å². The molecule has 5 nitrogen and oxygen atoms in total. The Labute approximate surface area is 177 Å². The van der Waals surface area contributed by atoms with Crippen LogP contribution < -0.4 is 5.73 Å². The van der Waals surface area contributed by atoms with Crippen LogP contribution in [0.1, 0.15) is 72.6 Å². The normalized spacial score (nSPS) is 32.1. The maximum Gasteiger partial charge on any atom is 0.273 e. The smallest absolute Gasteiger partial charge is 0.273 e. The molecule has 6 heteroatoms. The zero-order valence-corrected chi connectivity index (χ0v) is 17.6. The van der Waals surface area contributed by atoms with Gasteiger partial charge in [-0.05, 0) is 75.3 Å². The van der Waals surface area contributed by atoms with E-state index >= 15 is 0 Å². The zero-order chi connectivity index (χ0) is 20.0. The highest BCUT2D eigenvalue weighted by Crippen LogP contribution is 2.47. The molecular formula is C23H29ClN4O. The zero-order valence-electron chi connectivity index (χ0n) is 16.8. The predicted molar refractivity (Wildman–Crippen MR) is 114 cm³/mol. The lowest BCUT2D eigenvalue weighted by Crippen LogP contribution is -2.50. The monoisotopic (exact) mass is 412 g/mol. The maximum atomic E-state index is 13.3. The third-order valence-corrected chi connectivity index (χ3v) is 7.87. The van der Waals surface area contributed by atoms with Crippen molar-refractivity contribution in [2.45, 2.75) is 63.3 Å². The van der Waals surface area contributed by atoms with E-state index < -0.39 is 0 Å². The summed E-state index contributed by atoms with van der Waals surface area (Å²) in [5.74, 6) is 1.05. The Hall–Kier alpha value is -1.72. The first-order valence-corrected chi connectivity index (χ1v) is 11.4. The SMILES string of the molecule is NCC1(C2C=C(Cl)C=CC2)CCC(N2CCc3c(ncnc3C3CC3)C2=O)CC1. The minimum Gasteiger partial charge on any atom is -0.334 e. The van der Waals surface area contributed by atoms with Crippen LogP contribution >= 0.6 is 11.6 Å². The lowest BCUT2D eigenvalue weighted by Gasteiger charge is -2.47. The second-order valence-corrected chi connectivity index (χ2v) is 9.64. The molecule has 0 spiro atoms. The quantitative estimate of drug-likeness (QED) is 0.812. The number of hydrogen-bond donors (Lipinski definition) is 1. The fourth-order valence-electron chi connectivity index (χ4n) is 5.67. The van der Waals surface area contributed by atoms with Gasteiger partial charge in [0.15, 0.2) is 0 Å². The van der Waals surface area contributed by atoms with Gasteiger partial charge < -0.3 is 10.6 Å². The summed E-state index contributed by atoms with van der Waals surface area (Å²) >= 11 is 6.27. The van der Waals surface area contributed by atoms with Gasteiger partial charge in [0.2, 0.25) is 0 Å². The minimum absolute atomic E-state index is 0.0967. The van der Waals surface area contributed by atoms with Crippen LogP contribution in [0.2, 0.25) is 0 Å². The number of nitrogens with zero attached hydrogens (tertiary/aromatic N) is 3. The molecule has 3 aliphatic carbocycles. The molecule has 1 aliphatic heterocycles. The summed E-state index contributed by atoms with van der Waals surface area (Å²) in [7, 11) is 0. The number of rotatable bonds is 4. The summed E-state index contributed by atoms with van der Waals surface area (Å²) in [6.07, 6.45) is 16.3. The van der Waals surface area contributed by atoms with Gasteiger partial charge in [-0.3, -0.25) is 4.79 Å². The third kappa shape index (κ3) is 3.42. The second-order valence-electron chi connectivity index (χ2n) is 9.20. The molecule has 4 aliphatic rings. The molecule has 0 radical (unpaired) electrons. The number of carbonyl (C=O) groups excluding carboxylic acids is 1. The molecule has 2 saturated carbocycles. The fraction of sp³-hybridized carbons (Fsp3) is 0.609. The molecule has 1 unspecified atom stereocenters. The van der Waals surface area contributed by atoms with E-state index in [-0.39, 0.29) is 17.4 Å². The number of aromatic nitrogens is 2. The lowest BCUT2D eigenvalue weighted by molar-refractivity contribution is 0.0430. The number of hydrogen-bond acceptors (Lipinski definition) is 4. The molecule has 0 saturated heterocycles. The second kappa shape index (κ2) is 7.51. The van der Waals surface area contributed by atoms with Crippen LogP contribution in [0.3, 0.4) is 0 Å². The number of amides is 1. The van der Waals surface area contributed by atoms with Crippen LogP contribution in [0.25, 0.3) is 0 Å². The molecule has 154 valence electrons. The van der Waals surface area contributed by atoms with Gasteiger partial charge in [-0.15, -0.1) is 0 Å². The molecule has 0 aromatic carbocycles. The molecule has 29 heavy (non-hydrogen) atoms. The lowest BCUT2D eigenvalue weighted by atomic mass is 9.63. The maximum absolute atomic E-state index is 13.3. The van der Waals surface area contributed by atoms with Gasteiger partial charge in [-0.2, -0.15) is 0 Å². The standard InChI is InChI=1S/C23H29ClN4O/c24-17-3-1-2-16(12-17)23(13-25)9-6-18(7-10-23)28-11-8-19-20(15-4-5-15)26-14-27-21(19)22(28)29/h1,3,12,14-16,18H,2,4-11,13,25H2. The first-order chi connectivity index (χ1) is 14.1. The van der Waals surface area contributed by atoms with Crippen molar-refractivity contribution in [3.63, 3.8) is 0 Å². The highest BCUT2D eigenvalue weighted by Gasteiger charge is 2.43. The van der Waals surface area contributed by atoms with Gasteiger partial charge in [0.25, 0.3) is 5.91 Å². The summed E-state index contributed by atoms with van der Waals surface area (Å²) in [5, 5.41) is 0.824. The Kier molecular flexibility index (Phi) is 4.99. The van der Waals surface area contributed by atoms with Crippen molar-refractivity contribution in [3.8, 4) is 0 Å². The third-order valence-electron chi connectivity index (χ3n) is 7.62. The van der Waals surface area contributed by atoms with Crippen molar-refractivity contribution in [1.29, 1.82) is 0 Å². The summed E-state index contributed by atoms with van der Waals surface area (Å²) < 4.78 is 0. The molecule has 1 aromatic heterocycles. The molecule has 1 atom stereocenters. The largest absolute Gasteiger partial charge is 0.334 e. The van der Waals surface area contributed by atoms with Gasteiger partial charge in [0.1, 0.15) is 12.0 Å². The number of halogens is 1. The number of fused-ring (bicyclic) bond motifs is 1. The summed E-state index contributed by atoms with van der Waals surface area (Å²) in [4.78, 5) is 24.2. The Morgan fingerprint density at radius 3 is 2.69 bits per heavy atom. The van der Waals surface area contributed by atoms with Gasteiger partial charge in [0, 0.05) is 29.1 Å². The predicted octanol–water partition coefficient (Wildman–Crippen LogP) is 3.94. The average Bonchev–Trinajstić information content (AvgIpc) is 3.59. The van der Waals surface area contributed by atoms with Gasteiger partial charge in [-0.1, -0.05) is 23.8 Å². The first kappa shape index (κ1) is 19.3. The van der Waals surface area contributed by atoms with E-state index in [9.17, 15) is 4.79 Å². The van der Waals surface area contributed by atoms with Crippen molar-refractivity contribution in [2.75, 3.05) is 13.1 Å². The highest BCUT2D eigenvalue weighted by molar-refractivity contribution is 6.31. The van der Waals surface area contributed by atoms with E-state index in [2.05, 4.69) is 27.0 Å². The topological polar surface area (TPSA) is 72.1 Å². The highest BCUT2D eigenvalue weighted by atomic mass is 35.5. The van der Waals surface area contributed by atoms with Crippen LogP contribution in [0.5, 0.6) is 0 Å². The molecule has 2 heterocycles. The molecule has 0 bridgehead atoms. The number of nitrogens with two attached hydrogens (primary N) is 1. The summed E-state index contributed by atoms with van der Waals surface area (Å²) in [5.41, 5.74) is 9.27. The molecule has 2 fully saturated rings. The summed E-state index contributed by atoms with van der Waals surface area (Å²) in [6.45, 7) is 1.46. The molecule has 1 aromatic rings. The van der Waals surface area contributed by atoms with E-state index in [0.717, 1.165) is 61.4 Å². The van der Waals surface area contributed by atoms with E-state index in [4.69, 9.17) is 17.3 Å². The van der Waals surface area contributed by atoms with Crippen molar-refractivity contribution < 1.29 is 4.79 Å². The Morgan fingerprint density at radius 1 is 1.21 bits per heavy atom. The number of allylic oxidation sites excluding steroid dienone is 4. The Morgan fingerprint density at radius 2 is 2.00 bits per heavy atom. The molecule has 1 amide bonds. The van der Waals surface area contributed by atoms with E-state index in [1.807, 2.05) is 6.08 Å². The van der Waals surface area contributed by atoms with Crippen LogP contribution in [-0.4, -0.2) is 39.9 Å².